The first-order chi connectivity index (χ1) is 11.6. The molecule has 3 aromatic heterocycles. The third kappa shape index (κ3) is 2.56. The number of nitrogens with zero attached hydrogens (tertiary/aromatic N) is 5. The van der Waals surface area contributed by atoms with Crippen LogP contribution in [-0.4, -0.2) is 51.3 Å². The van der Waals surface area contributed by atoms with Gasteiger partial charge in [0.2, 0.25) is 0 Å². The molecule has 0 aromatic carbocycles. The molecule has 3 aromatic rings. The standard InChI is InChI=1S/C16H20N6OS/c1-10-8-12(11(2)22(10)16-18-5-7-24-16)15-19-14(20-23-15)13-9-17-4-6-21(13)3/h5,7-8,13,17H,4,6,9H2,1-3H3. The van der Waals surface area contributed by atoms with Gasteiger partial charge in [-0.15, -0.1) is 11.3 Å². The van der Waals surface area contributed by atoms with Gasteiger partial charge in [-0.2, -0.15) is 4.98 Å². The highest BCUT2D eigenvalue weighted by atomic mass is 32.1. The quantitative estimate of drug-likeness (QED) is 0.785. The number of likely N-dealkylation sites (N-methyl/N-ethyl adjacent to an activating group) is 1. The van der Waals surface area contributed by atoms with E-state index in [1.54, 1.807) is 11.3 Å². The van der Waals surface area contributed by atoms with Crippen LogP contribution in [0.3, 0.4) is 0 Å². The molecule has 1 atom stereocenters. The van der Waals surface area contributed by atoms with Gasteiger partial charge in [0.05, 0.1) is 11.6 Å². The summed E-state index contributed by atoms with van der Waals surface area (Å²) in [6, 6.07) is 2.23. The molecule has 0 spiro atoms. The molecule has 1 aliphatic rings. The van der Waals surface area contributed by atoms with Crippen molar-refractivity contribution in [1.82, 2.24) is 29.9 Å². The highest BCUT2D eigenvalue weighted by molar-refractivity contribution is 7.12. The number of hydrogen-bond donors (Lipinski definition) is 1. The monoisotopic (exact) mass is 344 g/mol. The van der Waals surface area contributed by atoms with Crippen molar-refractivity contribution in [2.75, 3.05) is 26.7 Å². The van der Waals surface area contributed by atoms with Crippen LogP contribution in [-0.2, 0) is 0 Å². The van der Waals surface area contributed by atoms with Gasteiger partial charge < -0.3 is 9.84 Å². The maximum atomic E-state index is 5.57. The molecule has 4 rings (SSSR count). The van der Waals surface area contributed by atoms with Gasteiger partial charge in [0.25, 0.3) is 5.89 Å². The number of aromatic nitrogens is 4. The van der Waals surface area contributed by atoms with E-state index in [9.17, 15) is 0 Å². The Morgan fingerprint density at radius 2 is 2.25 bits per heavy atom. The van der Waals surface area contributed by atoms with E-state index in [1.807, 2.05) is 11.6 Å². The van der Waals surface area contributed by atoms with Gasteiger partial charge in [0.1, 0.15) is 0 Å². The lowest BCUT2D eigenvalue weighted by molar-refractivity contribution is 0.190. The summed E-state index contributed by atoms with van der Waals surface area (Å²) in [5.74, 6) is 1.30. The highest BCUT2D eigenvalue weighted by Gasteiger charge is 2.26. The number of rotatable bonds is 3. The van der Waals surface area contributed by atoms with Gasteiger partial charge in [0.15, 0.2) is 11.0 Å². The molecule has 0 aliphatic carbocycles. The molecule has 4 heterocycles. The Labute approximate surface area is 144 Å². The maximum Gasteiger partial charge on any atom is 0.259 e. The van der Waals surface area contributed by atoms with Gasteiger partial charge in [-0.05, 0) is 27.0 Å². The van der Waals surface area contributed by atoms with Crippen LogP contribution in [0.1, 0.15) is 23.3 Å². The molecular formula is C16H20N6OS. The van der Waals surface area contributed by atoms with Crippen LogP contribution in [0.25, 0.3) is 16.6 Å². The Morgan fingerprint density at radius 3 is 3.00 bits per heavy atom. The smallest absolute Gasteiger partial charge is 0.259 e. The zero-order chi connectivity index (χ0) is 16.7. The first-order valence-corrected chi connectivity index (χ1v) is 8.87. The first-order valence-electron chi connectivity index (χ1n) is 7.99. The SMILES string of the molecule is Cc1cc(-c2nc(C3CNCCN3C)no2)c(C)n1-c1nccs1. The molecule has 0 saturated carbocycles. The van der Waals surface area contributed by atoms with Crippen LogP contribution in [0.4, 0.5) is 0 Å². The van der Waals surface area contributed by atoms with Gasteiger partial charge in [0, 0.05) is 42.6 Å². The predicted octanol–water partition coefficient (Wildman–Crippen LogP) is 2.18. The van der Waals surface area contributed by atoms with Crippen molar-refractivity contribution in [3.63, 3.8) is 0 Å². The van der Waals surface area contributed by atoms with Crippen molar-refractivity contribution in [2.24, 2.45) is 0 Å². The summed E-state index contributed by atoms with van der Waals surface area (Å²) in [7, 11) is 2.09. The fourth-order valence-corrected chi connectivity index (χ4v) is 3.93. The summed E-state index contributed by atoms with van der Waals surface area (Å²) in [4.78, 5) is 11.3. The average Bonchev–Trinajstić information content (AvgIpc) is 3.28. The topological polar surface area (TPSA) is 72.0 Å². The minimum absolute atomic E-state index is 0.152. The van der Waals surface area contributed by atoms with E-state index in [0.717, 1.165) is 47.5 Å². The van der Waals surface area contributed by atoms with E-state index in [1.165, 1.54) is 0 Å². The normalized spacial score (nSPS) is 19.0. The van der Waals surface area contributed by atoms with Gasteiger partial charge >= 0.3 is 0 Å². The van der Waals surface area contributed by atoms with Gasteiger partial charge in [-0.3, -0.25) is 9.47 Å². The second-order valence-electron chi connectivity index (χ2n) is 6.09. The molecule has 24 heavy (non-hydrogen) atoms. The molecule has 0 radical (unpaired) electrons. The Balaban J connectivity index is 1.69. The number of hydrogen-bond acceptors (Lipinski definition) is 7. The van der Waals surface area contributed by atoms with Crippen molar-refractivity contribution in [2.45, 2.75) is 19.9 Å². The van der Waals surface area contributed by atoms with Crippen molar-refractivity contribution >= 4 is 11.3 Å². The van der Waals surface area contributed by atoms with Gasteiger partial charge in [-0.1, -0.05) is 5.16 Å². The highest BCUT2D eigenvalue weighted by Crippen LogP contribution is 2.30. The molecule has 1 saturated heterocycles. The number of nitrogens with one attached hydrogen (secondary N) is 1. The molecule has 0 amide bonds. The van der Waals surface area contributed by atoms with Crippen LogP contribution >= 0.6 is 11.3 Å². The van der Waals surface area contributed by atoms with Crippen molar-refractivity contribution in [1.29, 1.82) is 0 Å². The van der Waals surface area contributed by atoms with E-state index >= 15 is 0 Å². The third-order valence-corrected chi connectivity index (χ3v) is 5.28. The summed E-state index contributed by atoms with van der Waals surface area (Å²) in [5.41, 5.74) is 3.13. The third-order valence-electron chi connectivity index (χ3n) is 4.52. The Morgan fingerprint density at radius 1 is 1.38 bits per heavy atom. The molecule has 8 heteroatoms. The molecule has 7 nitrogen and oxygen atoms in total. The minimum atomic E-state index is 0.152. The van der Waals surface area contributed by atoms with E-state index in [2.05, 4.69) is 56.9 Å². The van der Waals surface area contributed by atoms with Crippen LogP contribution < -0.4 is 5.32 Å². The van der Waals surface area contributed by atoms with Gasteiger partial charge in [-0.25, -0.2) is 4.98 Å². The lowest BCUT2D eigenvalue weighted by Crippen LogP contribution is -2.44. The predicted molar refractivity (Wildman–Crippen MR) is 92.4 cm³/mol. The largest absolute Gasteiger partial charge is 0.334 e. The average molecular weight is 344 g/mol. The lowest BCUT2D eigenvalue weighted by atomic mass is 10.2. The molecule has 1 N–H and O–H groups in total. The fourth-order valence-electron chi connectivity index (χ4n) is 3.17. The van der Waals surface area contributed by atoms with E-state index in [0.29, 0.717) is 5.89 Å². The lowest BCUT2D eigenvalue weighted by Gasteiger charge is -2.30. The second kappa shape index (κ2) is 6.12. The van der Waals surface area contributed by atoms with Crippen LogP contribution in [0.2, 0.25) is 0 Å². The molecule has 1 unspecified atom stereocenters. The van der Waals surface area contributed by atoms with E-state index in [-0.39, 0.29) is 6.04 Å². The van der Waals surface area contributed by atoms with Crippen LogP contribution in [0, 0.1) is 13.8 Å². The first kappa shape index (κ1) is 15.5. The summed E-state index contributed by atoms with van der Waals surface area (Å²) >= 11 is 1.61. The van der Waals surface area contributed by atoms with E-state index < -0.39 is 0 Å². The molecule has 0 bridgehead atoms. The number of aryl methyl sites for hydroxylation is 1. The summed E-state index contributed by atoms with van der Waals surface area (Å²) in [6.45, 7) is 6.93. The Hall–Kier alpha value is -2.03. The molecule has 1 aliphatic heterocycles. The second-order valence-corrected chi connectivity index (χ2v) is 6.97. The molecule has 126 valence electrons. The van der Waals surface area contributed by atoms with Crippen molar-refractivity contribution in [3.8, 4) is 16.6 Å². The van der Waals surface area contributed by atoms with Crippen molar-refractivity contribution < 1.29 is 4.52 Å². The van der Waals surface area contributed by atoms with E-state index in [4.69, 9.17) is 4.52 Å². The van der Waals surface area contributed by atoms with Crippen LogP contribution in [0.5, 0.6) is 0 Å². The zero-order valence-corrected chi connectivity index (χ0v) is 14.8. The summed E-state index contributed by atoms with van der Waals surface area (Å²) in [6.07, 6.45) is 1.81. The number of piperazine rings is 1. The van der Waals surface area contributed by atoms with Crippen molar-refractivity contribution in [3.05, 3.63) is 34.9 Å². The molecular weight excluding hydrogens is 324 g/mol. The summed E-state index contributed by atoms with van der Waals surface area (Å²) in [5, 5.41) is 10.5. The van der Waals surface area contributed by atoms with Crippen LogP contribution in [0.15, 0.2) is 22.2 Å². The summed E-state index contributed by atoms with van der Waals surface area (Å²) < 4.78 is 7.70. The zero-order valence-electron chi connectivity index (χ0n) is 14.0. The fraction of sp³-hybridized carbons (Fsp3) is 0.438. The Bertz CT molecular complexity index is 837. The minimum Gasteiger partial charge on any atom is -0.334 e. The Kier molecular flexibility index (Phi) is 3.95. The molecule has 1 fully saturated rings. The number of thiazole rings is 1. The maximum absolute atomic E-state index is 5.57.